The summed E-state index contributed by atoms with van der Waals surface area (Å²) in [6.45, 7) is 6.18. The molecule has 5 N–H and O–H groups in total. The van der Waals surface area contributed by atoms with Crippen LogP contribution in [0.3, 0.4) is 0 Å². The van der Waals surface area contributed by atoms with Gasteiger partial charge in [-0.1, -0.05) is 31.0 Å². The normalized spacial score (nSPS) is 11.4. The monoisotopic (exact) mass is 733 g/mol. The van der Waals surface area contributed by atoms with E-state index in [-0.39, 0.29) is 36.6 Å². The van der Waals surface area contributed by atoms with Gasteiger partial charge >= 0.3 is 5.97 Å². The van der Waals surface area contributed by atoms with Gasteiger partial charge in [-0.25, -0.2) is 9.97 Å². The lowest BCUT2D eigenvalue weighted by molar-refractivity contribution is -0.137. The first-order chi connectivity index (χ1) is 25.7. The number of rotatable bonds is 27. The SMILES string of the molecule is CC(NC(=O)c1cccc(NCC(=N)N(C)C(=N)c2ccncn2)c1)c1cccc(OCCCCCCOCCOCCOCCCCCC(=O)O)c1. The van der Waals surface area contributed by atoms with Crippen molar-refractivity contribution >= 4 is 29.2 Å². The molecule has 0 bridgehead atoms. The second kappa shape index (κ2) is 25.1. The second-order valence-electron chi connectivity index (χ2n) is 12.5. The Hall–Kier alpha value is -4.92. The maximum Gasteiger partial charge on any atom is 0.303 e. The number of carbonyl (C=O) groups excluding carboxylic acids is 1. The van der Waals surface area contributed by atoms with Gasteiger partial charge in [0.25, 0.3) is 5.91 Å². The van der Waals surface area contributed by atoms with Crippen LogP contribution in [0.1, 0.15) is 85.9 Å². The van der Waals surface area contributed by atoms with Crippen molar-refractivity contribution in [3.63, 3.8) is 0 Å². The minimum atomic E-state index is -0.751. The Kier molecular flexibility index (Phi) is 20.1. The van der Waals surface area contributed by atoms with Gasteiger partial charge < -0.3 is 39.6 Å². The van der Waals surface area contributed by atoms with Crippen molar-refractivity contribution in [3.05, 3.63) is 83.9 Å². The van der Waals surface area contributed by atoms with Crippen LogP contribution in [0.25, 0.3) is 0 Å². The van der Waals surface area contributed by atoms with Gasteiger partial charge in [0.1, 0.15) is 23.6 Å². The standard InChI is InChI=1S/C39H55N7O7/c1-30(45-39(49)32-13-10-14-33(26-32)43-28-36(40)46(2)38(41)35-17-18-42-29-44-35)31-12-11-15-34(27-31)53-21-9-4-3-7-19-50-22-24-52-25-23-51-20-8-5-6-16-37(47)48/h10-15,17-18,26-27,29-30,40-41,43H,3-9,16,19-25,28H2,1-2H3,(H,45,49)(H,47,48). The third-order valence-corrected chi connectivity index (χ3v) is 8.23. The predicted molar refractivity (Wildman–Crippen MR) is 204 cm³/mol. The summed E-state index contributed by atoms with van der Waals surface area (Å²) in [7, 11) is 1.64. The molecule has 0 saturated carbocycles. The summed E-state index contributed by atoms with van der Waals surface area (Å²) in [6, 6.07) is 16.2. The van der Waals surface area contributed by atoms with Gasteiger partial charge in [-0.2, -0.15) is 0 Å². The van der Waals surface area contributed by atoms with Crippen LogP contribution < -0.4 is 15.4 Å². The lowest BCUT2D eigenvalue weighted by Gasteiger charge is -2.21. The zero-order chi connectivity index (χ0) is 38.1. The maximum absolute atomic E-state index is 13.1. The van der Waals surface area contributed by atoms with Crippen LogP contribution in [0.5, 0.6) is 5.75 Å². The maximum atomic E-state index is 13.1. The summed E-state index contributed by atoms with van der Waals surface area (Å²) in [6.07, 6.45) is 9.56. The predicted octanol–water partition coefficient (Wildman–Crippen LogP) is 5.95. The minimum Gasteiger partial charge on any atom is -0.494 e. The summed E-state index contributed by atoms with van der Waals surface area (Å²) in [5.74, 6) is 0.0547. The number of aromatic nitrogens is 2. The smallest absolute Gasteiger partial charge is 0.303 e. The molecule has 1 amide bonds. The third-order valence-electron chi connectivity index (χ3n) is 8.23. The van der Waals surface area contributed by atoms with Gasteiger partial charge in [0.2, 0.25) is 0 Å². The van der Waals surface area contributed by atoms with Gasteiger partial charge in [0, 0.05) is 44.1 Å². The average Bonchev–Trinajstić information content (AvgIpc) is 3.17. The number of aliphatic carboxylic acids is 1. The zero-order valence-corrected chi connectivity index (χ0v) is 31.0. The molecule has 0 fully saturated rings. The third kappa shape index (κ3) is 17.4. The van der Waals surface area contributed by atoms with E-state index >= 15 is 0 Å². The first-order valence-electron chi connectivity index (χ1n) is 18.2. The number of amides is 1. The van der Waals surface area contributed by atoms with E-state index in [1.54, 1.807) is 37.5 Å². The average molecular weight is 734 g/mol. The molecule has 0 saturated heterocycles. The number of nitrogens with one attached hydrogen (secondary N) is 4. The highest BCUT2D eigenvalue weighted by Crippen LogP contribution is 2.21. The highest BCUT2D eigenvalue weighted by Gasteiger charge is 2.15. The number of hydrogen-bond acceptors (Lipinski definition) is 11. The van der Waals surface area contributed by atoms with Crippen LogP contribution >= 0.6 is 0 Å². The molecule has 2 aromatic carbocycles. The van der Waals surface area contributed by atoms with Crippen molar-refractivity contribution in [2.45, 2.75) is 64.3 Å². The number of carboxylic acids is 1. The van der Waals surface area contributed by atoms with Gasteiger partial charge in [-0.05, 0) is 81.0 Å². The number of unbranched alkanes of at least 4 members (excludes halogenated alkanes) is 5. The molecule has 0 aliphatic heterocycles. The van der Waals surface area contributed by atoms with Crippen molar-refractivity contribution in [2.75, 3.05) is 65.2 Å². The topological polar surface area (TPSA) is 192 Å². The lowest BCUT2D eigenvalue weighted by Crippen LogP contribution is -2.37. The van der Waals surface area contributed by atoms with Crippen molar-refractivity contribution in [1.82, 2.24) is 20.2 Å². The number of carboxylic acid groups (broad SMARTS) is 1. The lowest BCUT2D eigenvalue weighted by atomic mass is 10.1. The Labute approximate surface area is 312 Å². The molecule has 1 aromatic heterocycles. The van der Waals surface area contributed by atoms with E-state index in [1.807, 2.05) is 37.3 Å². The molecule has 14 heteroatoms. The largest absolute Gasteiger partial charge is 0.494 e. The second-order valence-corrected chi connectivity index (χ2v) is 12.5. The molecular formula is C39H55N7O7. The van der Waals surface area contributed by atoms with Crippen LogP contribution in [-0.4, -0.2) is 103 Å². The number of carbonyl (C=O) groups is 2. The number of benzene rings is 2. The summed E-state index contributed by atoms with van der Waals surface area (Å²) < 4.78 is 22.6. The van der Waals surface area contributed by atoms with Crippen LogP contribution in [0.2, 0.25) is 0 Å². The van der Waals surface area contributed by atoms with Gasteiger partial charge in [0.05, 0.1) is 45.6 Å². The van der Waals surface area contributed by atoms with Gasteiger partial charge in [-0.3, -0.25) is 20.4 Å². The zero-order valence-electron chi connectivity index (χ0n) is 31.0. The molecule has 1 atom stereocenters. The van der Waals surface area contributed by atoms with E-state index < -0.39 is 5.97 Å². The van der Waals surface area contributed by atoms with Crippen LogP contribution in [0.15, 0.2) is 67.1 Å². The molecule has 288 valence electrons. The first kappa shape index (κ1) is 42.5. The summed E-state index contributed by atoms with van der Waals surface area (Å²) in [5.41, 5.74) is 2.53. The van der Waals surface area contributed by atoms with Gasteiger partial charge in [-0.15, -0.1) is 0 Å². The Balaban J connectivity index is 1.24. The summed E-state index contributed by atoms with van der Waals surface area (Å²) in [5, 5.41) is 31.5. The van der Waals surface area contributed by atoms with Crippen LogP contribution in [-0.2, 0) is 19.0 Å². The molecular weight excluding hydrogens is 678 g/mol. The van der Waals surface area contributed by atoms with Crippen molar-refractivity contribution < 1.29 is 33.6 Å². The molecule has 0 spiro atoms. The molecule has 0 aliphatic rings. The number of anilines is 1. The molecule has 14 nitrogen and oxygen atoms in total. The van der Waals surface area contributed by atoms with Gasteiger partial charge in [0.15, 0.2) is 5.84 Å². The van der Waals surface area contributed by atoms with E-state index in [0.29, 0.717) is 69.6 Å². The van der Waals surface area contributed by atoms with Crippen molar-refractivity contribution in [2.24, 2.45) is 0 Å². The van der Waals surface area contributed by atoms with E-state index in [9.17, 15) is 9.59 Å². The Morgan fingerprint density at radius 1 is 0.830 bits per heavy atom. The van der Waals surface area contributed by atoms with E-state index in [1.165, 1.54) is 11.2 Å². The quantitative estimate of drug-likeness (QED) is 0.0354. The first-order valence-corrected chi connectivity index (χ1v) is 18.2. The highest BCUT2D eigenvalue weighted by atomic mass is 16.5. The molecule has 0 aliphatic carbocycles. The van der Waals surface area contributed by atoms with E-state index in [0.717, 1.165) is 49.8 Å². The molecule has 1 heterocycles. The van der Waals surface area contributed by atoms with Crippen LogP contribution in [0.4, 0.5) is 5.69 Å². The number of likely N-dealkylation sites (N-methyl/N-ethyl adjacent to an activating group) is 1. The fourth-order valence-electron chi connectivity index (χ4n) is 5.10. The van der Waals surface area contributed by atoms with Crippen molar-refractivity contribution in [3.8, 4) is 5.75 Å². The summed E-state index contributed by atoms with van der Waals surface area (Å²) >= 11 is 0. The Morgan fingerprint density at radius 3 is 2.17 bits per heavy atom. The summed E-state index contributed by atoms with van der Waals surface area (Å²) in [4.78, 5) is 33.0. The number of hydrogen-bond donors (Lipinski definition) is 5. The van der Waals surface area contributed by atoms with E-state index in [2.05, 4.69) is 20.6 Å². The Morgan fingerprint density at radius 2 is 1.49 bits per heavy atom. The number of amidine groups is 2. The highest BCUT2D eigenvalue weighted by molar-refractivity contribution is 6.06. The number of nitrogens with zero attached hydrogens (tertiary/aromatic N) is 3. The minimum absolute atomic E-state index is 0.0901. The fraction of sp³-hybridized carbons (Fsp3) is 0.487. The Bertz CT molecular complexity index is 1540. The number of ether oxygens (including phenoxy) is 4. The molecule has 3 aromatic rings. The fourth-order valence-corrected chi connectivity index (χ4v) is 5.10. The van der Waals surface area contributed by atoms with E-state index in [4.69, 9.17) is 34.9 Å². The van der Waals surface area contributed by atoms with Crippen LogP contribution in [0, 0.1) is 10.8 Å². The molecule has 1 unspecified atom stereocenters. The van der Waals surface area contributed by atoms with Crippen molar-refractivity contribution in [1.29, 1.82) is 10.8 Å². The molecule has 0 radical (unpaired) electrons. The molecule has 53 heavy (non-hydrogen) atoms. The molecule has 3 rings (SSSR count).